The Morgan fingerprint density at radius 1 is 1.37 bits per heavy atom. The molecule has 1 aliphatic carbocycles. The molecule has 4 unspecified atom stereocenters. The number of hydrogen-bond donors (Lipinski definition) is 5. The molecule has 7 heteroatoms. The summed E-state index contributed by atoms with van der Waals surface area (Å²) in [5, 5.41) is 19.3. The lowest BCUT2D eigenvalue weighted by Crippen LogP contribution is -2.45. The second-order valence-electron chi connectivity index (χ2n) is 7.85. The van der Waals surface area contributed by atoms with Gasteiger partial charge in [0.05, 0.1) is 12.6 Å². The van der Waals surface area contributed by atoms with E-state index in [2.05, 4.69) is 46.6 Å². The van der Waals surface area contributed by atoms with Crippen LogP contribution in [-0.4, -0.2) is 36.4 Å². The normalized spacial score (nSPS) is 33.0. The molecule has 27 heavy (non-hydrogen) atoms. The third kappa shape index (κ3) is 4.02. The number of aliphatic hydroxyl groups is 1. The molecule has 2 aliphatic heterocycles. The van der Waals surface area contributed by atoms with E-state index in [0.717, 1.165) is 32.2 Å². The maximum absolute atomic E-state index is 12.7. The maximum atomic E-state index is 12.7. The Bertz CT molecular complexity index is 683. The Hall–Kier alpha value is -1.51. The molecule has 0 radical (unpaired) electrons. The standard InChI is InChI=1S/C20H30N4O3/c1-2-18-23-19(24-27-18)13-3-5-16-12(9-13)4-6-17(16)22-20(26)14-7-8-21-15(10-14)11-25/h3,5,9,14-15,17-19,21,23-25H,2,4,6-8,10-11H2,1H3,(H,22,26)/t14?,15?,17-,18?,19?/m1/s1. The zero-order valence-corrected chi connectivity index (χ0v) is 15.8. The lowest BCUT2D eigenvalue weighted by molar-refractivity contribution is -0.127. The number of rotatable bonds is 5. The van der Waals surface area contributed by atoms with Gasteiger partial charge in [-0.05, 0) is 55.3 Å². The predicted molar refractivity (Wildman–Crippen MR) is 101 cm³/mol. The molecule has 2 saturated heterocycles. The molecule has 0 aromatic heterocycles. The van der Waals surface area contributed by atoms with Gasteiger partial charge in [0.25, 0.3) is 0 Å². The van der Waals surface area contributed by atoms with Crippen molar-refractivity contribution in [3.63, 3.8) is 0 Å². The van der Waals surface area contributed by atoms with Crippen molar-refractivity contribution in [3.05, 3.63) is 34.9 Å². The first-order valence-corrected chi connectivity index (χ1v) is 10.1. The van der Waals surface area contributed by atoms with E-state index < -0.39 is 0 Å². The van der Waals surface area contributed by atoms with E-state index in [1.165, 1.54) is 16.7 Å². The van der Waals surface area contributed by atoms with Crippen LogP contribution in [0.1, 0.15) is 61.5 Å². The number of carbonyl (C=O) groups excluding carboxylic acids is 1. The number of carbonyl (C=O) groups is 1. The molecule has 1 amide bonds. The Labute approximate surface area is 160 Å². The van der Waals surface area contributed by atoms with Crippen molar-refractivity contribution in [1.29, 1.82) is 0 Å². The van der Waals surface area contributed by atoms with E-state index >= 15 is 0 Å². The summed E-state index contributed by atoms with van der Waals surface area (Å²) in [7, 11) is 0. The molecule has 1 aromatic carbocycles. The summed E-state index contributed by atoms with van der Waals surface area (Å²) < 4.78 is 0. The van der Waals surface area contributed by atoms with Crippen molar-refractivity contribution in [2.45, 2.75) is 63.5 Å². The van der Waals surface area contributed by atoms with Crippen LogP contribution in [0.2, 0.25) is 0 Å². The van der Waals surface area contributed by atoms with Gasteiger partial charge in [-0.1, -0.05) is 25.1 Å². The van der Waals surface area contributed by atoms with Crippen molar-refractivity contribution >= 4 is 5.91 Å². The van der Waals surface area contributed by atoms with E-state index in [1.54, 1.807) is 0 Å². The summed E-state index contributed by atoms with van der Waals surface area (Å²) in [6, 6.07) is 6.60. The van der Waals surface area contributed by atoms with Gasteiger partial charge >= 0.3 is 0 Å². The summed E-state index contributed by atoms with van der Waals surface area (Å²) >= 11 is 0. The highest BCUT2D eigenvalue weighted by molar-refractivity contribution is 5.79. The van der Waals surface area contributed by atoms with E-state index in [0.29, 0.717) is 6.42 Å². The smallest absolute Gasteiger partial charge is 0.223 e. The Balaban J connectivity index is 1.39. The van der Waals surface area contributed by atoms with E-state index in [-0.39, 0.29) is 42.9 Å². The molecular formula is C20H30N4O3. The lowest BCUT2D eigenvalue weighted by Gasteiger charge is -2.29. The van der Waals surface area contributed by atoms with Crippen LogP contribution < -0.4 is 21.4 Å². The number of nitrogens with one attached hydrogen (secondary N) is 4. The molecule has 2 fully saturated rings. The Kier molecular flexibility index (Phi) is 5.75. The number of piperidine rings is 1. The van der Waals surface area contributed by atoms with Crippen molar-refractivity contribution in [1.82, 2.24) is 21.4 Å². The van der Waals surface area contributed by atoms with E-state index in [9.17, 15) is 9.90 Å². The second-order valence-corrected chi connectivity index (χ2v) is 7.85. The molecule has 7 nitrogen and oxygen atoms in total. The van der Waals surface area contributed by atoms with Crippen LogP contribution in [0.4, 0.5) is 0 Å². The number of hydroxylamine groups is 1. The fraction of sp³-hybridized carbons (Fsp3) is 0.650. The number of amides is 1. The van der Waals surface area contributed by atoms with Crippen LogP contribution in [0, 0.1) is 5.92 Å². The molecule has 2 heterocycles. The fourth-order valence-electron chi connectivity index (χ4n) is 4.41. The van der Waals surface area contributed by atoms with Gasteiger partial charge in [0.15, 0.2) is 0 Å². The SMILES string of the molecule is CCC1NC(c2ccc3c(c2)CC[C@H]3NC(=O)C2CCNC(CO)C2)NO1. The predicted octanol–water partition coefficient (Wildman–Crippen LogP) is 1.01. The number of hydrogen-bond acceptors (Lipinski definition) is 6. The third-order valence-corrected chi connectivity index (χ3v) is 6.03. The Morgan fingerprint density at radius 2 is 2.26 bits per heavy atom. The first kappa shape index (κ1) is 18.8. The highest BCUT2D eigenvalue weighted by Crippen LogP contribution is 2.34. The first-order valence-electron chi connectivity index (χ1n) is 10.1. The van der Waals surface area contributed by atoms with E-state index in [1.807, 2.05) is 0 Å². The molecule has 0 bridgehead atoms. The van der Waals surface area contributed by atoms with Crippen LogP contribution in [0.25, 0.3) is 0 Å². The van der Waals surface area contributed by atoms with Crippen LogP contribution in [0.15, 0.2) is 18.2 Å². The van der Waals surface area contributed by atoms with Gasteiger partial charge in [0.2, 0.25) is 5.91 Å². The van der Waals surface area contributed by atoms with Crippen molar-refractivity contribution in [3.8, 4) is 0 Å². The number of aliphatic hydroxyl groups excluding tert-OH is 1. The third-order valence-electron chi connectivity index (χ3n) is 6.03. The second kappa shape index (κ2) is 8.24. The van der Waals surface area contributed by atoms with Crippen LogP contribution in [-0.2, 0) is 16.1 Å². The molecule has 0 spiro atoms. The fourth-order valence-corrected chi connectivity index (χ4v) is 4.41. The number of aryl methyl sites for hydroxylation is 1. The van der Waals surface area contributed by atoms with Gasteiger partial charge in [-0.2, -0.15) is 5.48 Å². The van der Waals surface area contributed by atoms with Crippen molar-refractivity contribution in [2.24, 2.45) is 5.92 Å². The minimum absolute atomic E-state index is 0.0123. The monoisotopic (exact) mass is 374 g/mol. The maximum Gasteiger partial charge on any atom is 0.223 e. The summed E-state index contributed by atoms with van der Waals surface area (Å²) in [6.07, 6.45) is 4.43. The van der Waals surface area contributed by atoms with Crippen LogP contribution >= 0.6 is 0 Å². The molecule has 148 valence electrons. The number of benzene rings is 1. The number of fused-ring (bicyclic) bond motifs is 1. The zero-order chi connectivity index (χ0) is 18.8. The van der Waals surface area contributed by atoms with Gasteiger partial charge < -0.3 is 15.7 Å². The molecular weight excluding hydrogens is 344 g/mol. The minimum Gasteiger partial charge on any atom is -0.395 e. The van der Waals surface area contributed by atoms with Crippen LogP contribution in [0.3, 0.4) is 0 Å². The molecule has 1 aromatic rings. The molecule has 0 saturated carbocycles. The summed E-state index contributed by atoms with van der Waals surface area (Å²) in [5.41, 5.74) is 6.75. The first-order chi connectivity index (χ1) is 13.2. The molecule has 5 atom stereocenters. The average molecular weight is 374 g/mol. The quantitative estimate of drug-likeness (QED) is 0.528. The van der Waals surface area contributed by atoms with E-state index in [4.69, 9.17) is 4.84 Å². The van der Waals surface area contributed by atoms with Gasteiger partial charge in [-0.3, -0.25) is 14.9 Å². The van der Waals surface area contributed by atoms with Gasteiger partial charge in [0, 0.05) is 12.0 Å². The molecule has 4 rings (SSSR count). The Morgan fingerprint density at radius 3 is 3.04 bits per heavy atom. The van der Waals surface area contributed by atoms with Crippen molar-refractivity contribution in [2.75, 3.05) is 13.2 Å². The van der Waals surface area contributed by atoms with Gasteiger partial charge in [-0.25, -0.2) is 0 Å². The van der Waals surface area contributed by atoms with Crippen LogP contribution in [0.5, 0.6) is 0 Å². The highest BCUT2D eigenvalue weighted by atomic mass is 16.7. The average Bonchev–Trinajstić information content (AvgIpc) is 3.35. The topological polar surface area (TPSA) is 94.7 Å². The van der Waals surface area contributed by atoms with Crippen molar-refractivity contribution < 1.29 is 14.7 Å². The summed E-state index contributed by atoms with van der Waals surface area (Å²) in [5.74, 6) is 0.108. The minimum atomic E-state index is -0.0123. The lowest BCUT2D eigenvalue weighted by atomic mass is 9.91. The zero-order valence-electron chi connectivity index (χ0n) is 15.8. The molecule has 5 N–H and O–H groups in total. The summed E-state index contributed by atoms with van der Waals surface area (Å²) in [6.45, 7) is 2.96. The highest BCUT2D eigenvalue weighted by Gasteiger charge is 2.31. The largest absolute Gasteiger partial charge is 0.395 e. The van der Waals surface area contributed by atoms with Gasteiger partial charge in [0.1, 0.15) is 12.4 Å². The summed E-state index contributed by atoms with van der Waals surface area (Å²) in [4.78, 5) is 18.2. The molecule has 3 aliphatic rings. The van der Waals surface area contributed by atoms with Gasteiger partial charge in [-0.15, -0.1) is 0 Å².